The van der Waals surface area contributed by atoms with Crippen molar-refractivity contribution in [2.45, 2.75) is 37.9 Å². The Balaban J connectivity index is 2.31. The summed E-state index contributed by atoms with van der Waals surface area (Å²) in [6.45, 7) is 0. The molecule has 108 valence electrons. The van der Waals surface area contributed by atoms with Gasteiger partial charge in [-0.2, -0.15) is 18.4 Å². The van der Waals surface area contributed by atoms with Gasteiger partial charge in [0.1, 0.15) is 17.5 Å². The first-order valence-electron chi connectivity index (χ1n) is 6.18. The summed E-state index contributed by atoms with van der Waals surface area (Å²) in [7, 11) is 0. The fraction of sp³-hybridized carbons (Fsp3) is 0.583. The average Bonchev–Trinajstić information content (AvgIpc) is 2.38. The van der Waals surface area contributed by atoms with E-state index in [-0.39, 0.29) is 12.0 Å². The molecule has 20 heavy (non-hydrogen) atoms. The van der Waals surface area contributed by atoms with Gasteiger partial charge in [0.15, 0.2) is 0 Å². The zero-order valence-corrected chi connectivity index (χ0v) is 10.4. The normalized spacial score (nSPS) is 28.6. The van der Waals surface area contributed by atoms with Crippen LogP contribution in [0.3, 0.4) is 0 Å². The smallest absolute Gasteiger partial charge is 0.367 e. The average molecular weight is 287 g/mol. The number of amides is 1. The molecule has 0 aromatic rings. The lowest BCUT2D eigenvalue weighted by atomic mass is 9.82. The molecule has 2 aliphatic rings. The van der Waals surface area contributed by atoms with Gasteiger partial charge in [-0.05, 0) is 12.8 Å². The summed E-state index contributed by atoms with van der Waals surface area (Å²) in [5, 5.41) is 13.7. The van der Waals surface area contributed by atoms with Crippen LogP contribution in [0.2, 0.25) is 0 Å². The summed E-state index contributed by atoms with van der Waals surface area (Å²) in [5.41, 5.74) is -1.10. The summed E-state index contributed by atoms with van der Waals surface area (Å²) in [6, 6.07) is 0.905. The standard InChI is InChI=1S/C12H12F3N3O2/c13-12(14,15)9(19)7(5-16)10-17-8-4-2-1-3-6(8)11(20)18-10/h6,8,17H,1-4H2,(H,18,20)/b10-7-. The second-order valence-electron chi connectivity index (χ2n) is 4.82. The molecule has 2 fully saturated rings. The zero-order valence-electron chi connectivity index (χ0n) is 10.4. The molecule has 1 amide bonds. The molecule has 0 aromatic carbocycles. The molecule has 5 nitrogen and oxygen atoms in total. The molecule has 0 spiro atoms. The van der Waals surface area contributed by atoms with Crippen LogP contribution in [-0.2, 0) is 9.59 Å². The molecule has 1 aliphatic heterocycles. The number of allylic oxidation sites excluding steroid dienone is 1. The number of nitrogens with zero attached hydrogens (tertiary/aromatic N) is 1. The number of nitrogens with one attached hydrogen (secondary N) is 2. The minimum atomic E-state index is -5.14. The van der Waals surface area contributed by atoms with Gasteiger partial charge in [-0.1, -0.05) is 12.8 Å². The van der Waals surface area contributed by atoms with Gasteiger partial charge in [-0.3, -0.25) is 9.59 Å². The fourth-order valence-corrected chi connectivity index (χ4v) is 2.55. The number of fused-ring (bicyclic) bond motifs is 1. The van der Waals surface area contributed by atoms with Crippen molar-refractivity contribution in [2.24, 2.45) is 5.92 Å². The van der Waals surface area contributed by atoms with Gasteiger partial charge in [0.25, 0.3) is 5.78 Å². The van der Waals surface area contributed by atoms with Gasteiger partial charge < -0.3 is 10.6 Å². The van der Waals surface area contributed by atoms with E-state index >= 15 is 0 Å². The molecule has 1 saturated carbocycles. The highest BCUT2D eigenvalue weighted by Gasteiger charge is 2.44. The van der Waals surface area contributed by atoms with Crippen LogP contribution in [0.5, 0.6) is 0 Å². The van der Waals surface area contributed by atoms with Crippen LogP contribution in [0.25, 0.3) is 0 Å². The van der Waals surface area contributed by atoms with Crippen LogP contribution in [0.4, 0.5) is 13.2 Å². The number of hydrogen-bond acceptors (Lipinski definition) is 4. The molecule has 1 saturated heterocycles. The van der Waals surface area contributed by atoms with E-state index in [4.69, 9.17) is 5.26 Å². The number of carbonyl (C=O) groups excluding carboxylic acids is 2. The number of hydrogen-bond donors (Lipinski definition) is 2. The van der Waals surface area contributed by atoms with Crippen LogP contribution in [0.1, 0.15) is 25.7 Å². The molecule has 0 radical (unpaired) electrons. The van der Waals surface area contributed by atoms with Gasteiger partial charge in [0, 0.05) is 6.04 Å². The topological polar surface area (TPSA) is 82.0 Å². The summed E-state index contributed by atoms with van der Waals surface area (Å²) < 4.78 is 37.2. The molecule has 0 aromatic heterocycles. The highest BCUT2D eigenvalue weighted by molar-refractivity contribution is 6.04. The minimum absolute atomic E-state index is 0.322. The van der Waals surface area contributed by atoms with Crippen molar-refractivity contribution in [1.29, 1.82) is 5.26 Å². The molecule has 1 aliphatic carbocycles. The SMILES string of the molecule is N#C/C(C(=O)C(F)(F)F)=C1/NC(=O)C2CCCCC2N1. The molecular formula is C12H12F3N3O2. The van der Waals surface area contributed by atoms with Gasteiger partial charge >= 0.3 is 6.18 Å². The predicted octanol–water partition coefficient (Wildman–Crippen LogP) is 1.13. The van der Waals surface area contributed by atoms with Crippen LogP contribution >= 0.6 is 0 Å². The number of Topliss-reactive ketones (excluding diaryl/α,β-unsaturated/α-hetero) is 1. The van der Waals surface area contributed by atoms with E-state index in [0.29, 0.717) is 12.8 Å². The lowest BCUT2D eigenvalue weighted by molar-refractivity contribution is -0.166. The van der Waals surface area contributed by atoms with Crippen molar-refractivity contribution in [3.63, 3.8) is 0 Å². The summed E-state index contributed by atoms with van der Waals surface area (Å²) in [5.74, 6) is -3.44. The first kappa shape index (κ1) is 14.4. The zero-order chi connectivity index (χ0) is 14.9. The molecule has 2 rings (SSSR count). The van der Waals surface area contributed by atoms with Crippen molar-refractivity contribution in [1.82, 2.24) is 10.6 Å². The highest BCUT2D eigenvalue weighted by Crippen LogP contribution is 2.29. The quantitative estimate of drug-likeness (QED) is 0.559. The van der Waals surface area contributed by atoms with Gasteiger partial charge in [-0.15, -0.1) is 0 Å². The highest BCUT2D eigenvalue weighted by atomic mass is 19.4. The number of halogens is 3. The lowest BCUT2D eigenvalue weighted by Gasteiger charge is -2.37. The van der Waals surface area contributed by atoms with Crippen LogP contribution < -0.4 is 10.6 Å². The molecular weight excluding hydrogens is 275 g/mol. The Morgan fingerprint density at radius 2 is 1.95 bits per heavy atom. The fourth-order valence-electron chi connectivity index (χ4n) is 2.55. The second-order valence-corrected chi connectivity index (χ2v) is 4.82. The Morgan fingerprint density at radius 3 is 2.55 bits per heavy atom. The third-order valence-corrected chi connectivity index (χ3v) is 3.53. The monoisotopic (exact) mass is 287 g/mol. The first-order chi connectivity index (χ1) is 9.34. The second kappa shape index (κ2) is 5.15. The van der Waals surface area contributed by atoms with Crippen LogP contribution in [-0.4, -0.2) is 23.9 Å². The summed E-state index contributed by atoms with van der Waals surface area (Å²) in [4.78, 5) is 23.0. The van der Waals surface area contributed by atoms with E-state index < -0.39 is 29.3 Å². The van der Waals surface area contributed by atoms with E-state index in [0.717, 1.165) is 12.8 Å². The molecule has 8 heteroatoms. The van der Waals surface area contributed by atoms with E-state index in [1.807, 2.05) is 0 Å². The lowest BCUT2D eigenvalue weighted by Crippen LogP contribution is -2.55. The number of nitriles is 1. The van der Waals surface area contributed by atoms with Crippen molar-refractivity contribution in [3.05, 3.63) is 11.4 Å². The van der Waals surface area contributed by atoms with Gasteiger partial charge in [0.05, 0.1) is 5.92 Å². The molecule has 2 unspecified atom stereocenters. The first-order valence-corrected chi connectivity index (χ1v) is 6.18. The largest absolute Gasteiger partial charge is 0.455 e. The molecule has 2 atom stereocenters. The third-order valence-electron chi connectivity index (χ3n) is 3.53. The Labute approximate surface area is 112 Å². The minimum Gasteiger partial charge on any atom is -0.367 e. The number of ketones is 1. The maximum atomic E-state index is 12.4. The Kier molecular flexibility index (Phi) is 3.70. The number of rotatable bonds is 1. The van der Waals surface area contributed by atoms with E-state index in [2.05, 4.69) is 10.6 Å². The number of carbonyl (C=O) groups is 2. The van der Waals surface area contributed by atoms with Crippen molar-refractivity contribution in [2.75, 3.05) is 0 Å². The van der Waals surface area contributed by atoms with Crippen LogP contribution in [0, 0.1) is 17.2 Å². The molecule has 0 bridgehead atoms. The third kappa shape index (κ3) is 2.61. The Hall–Kier alpha value is -2.04. The van der Waals surface area contributed by atoms with Gasteiger partial charge in [-0.25, -0.2) is 0 Å². The Bertz CT molecular complexity index is 519. The van der Waals surface area contributed by atoms with E-state index in [1.165, 1.54) is 6.07 Å². The van der Waals surface area contributed by atoms with E-state index in [9.17, 15) is 22.8 Å². The van der Waals surface area contributed by atoms with Crippen molar-refractivity contribution < 1.29 is 22.8 Å². The van der Waals surface area contributed by atoms with Crippen LogP contribution in [0.15, 0.2) is 11.4 Å². The van der Waals surface area contributed by atoms with Crippen molar-refractivity contribution in [3.8, 4) is 6.07 Å². The number of alkyl halides is 3. The van der Waals surface area contributed by atoms with E-state index in [1.54, 1.807) is 0 Å². The molecule has 1 heterocycles. The summed E-state index contributed by atoms with van der Waals surface area (Å²) in [6.07, 6.45) is -2.15. The predicted molar refractivity (Wildman–Crippen MR) is 60.7 cm³/mol. The van der Waals surface area contributed by atoms with Gasteiger partial charge in [0.2, 0.25) is 5.91 Å². The Morgan fingerprint density at radius 1 is 1.30 bits per heavy atom. The summed E-state index contributed by atoms with van der Waals surface area (Å²) >= 11 is 0. The molecule has 2 N–H and O–H groups in total. The van der Waals surface area contributed by atoms with Crippen molar-refractivity contribution >= 4 is 11.7 Å². The maximum absolute atomic E-state index is 12.4. The maximum Gasteiger partial charge on any atom is 0.455 e.